The highest BCUT2D eigenvalue weighted by Crippen LogP contribution is 2.52. The maximum Gasteiger partial charge on any atom is 0.126 e. The maximum atomic E-state index is 10.6. The van der Waals surface area contributed by atoms with Gasteiger partial charge in [-0.05, 0) is 51.9 Å². The van der Waals surface area contributed by atoms with Gasteiger partial charge in [-0.2, -0.15) is 0 Å². The molecule has 4 nitrogen and oxygen atoms in total. The van der Waals surface area contributed by atoms with Gasteiger partial charge in [-0.1, -0.05) is 56.5 Å². The lowest BCUT2D eigenvalue weighted by Gasteiger charge is -2.18. The Morgan fingerprint density at radius 2 is 2.03 bits per heavy atom. The number of rotatable bonds is 11. The van der Waals surface area contributed by atoms with E-state index in [0.29, 0.717) is 6.42 Å². The van der Waals surface area contributed by atoms with Gasteiger partial charge in [-0.25, -0.2) is 0 Å². The molecule has 0 spiro atoms. The fraction of sp³-hybridized carbons (Fsp3) is 0.680. The van der Waals surface area contributed by atoms with E-state index in [9.17, 15) is 10.2 Å². The number of aliphatic hydroxyl groups excluding tert-OH is 2. The summed E-state index contributed by atoms with van der Waals surface area (Å²) in [5.74, 6) is 1.27. The molecule has 1 aromatic carbocycles. The number of hydrogen-bond acceptors (Lipinski definition) is 4. The number of hydrogen-bond donors (Lipinski definition) is 2. The maximum absolute atomic E-state index is 10.6. The summed E-state index contributed by atoms with van der Waals surface area (Å²) in [4.78, 5) is 2.23. The van der Waals surface area contributed by atoms with Gasteiger partial charge >= 0.3 is 0 Å². The first-order valence-corrected chi connectivity index (χ1v) is 11.5. The molecule has 1 fully saturated rings. The molecule has 0 saturated heterocycles. The Kier molecular flexibility index (Phi) is 8.16. The van der Waals surface area contributed by atoms with Crippen molar-refractivity contribution in [3.8, 4) is 5.75 Å². The first-order valence-electron chi connectivity index (χ1n) is 11.5. The molecule has 0 radical (unpaired) electrons. The number of aryl methyl sites for hydroxylation is 1. The van der Waals surface area contributed by atoms with Crippen molar-refractivity contribution in [1.82, 2.24) is 4.90 Å². The third kappa shape index (κ3) is 5.62. The lowest BCUT2D eigenvalue weighted by atomic mass is 9.86. The Morgan fingerprint density at radius 3 is 2.79 bits per heavy atom. The van der Waals surface area contributed by atoms with Gasteiger partial charge in [0.15, 0.2) is 0 Å². The van der Waals surface area contributed by atoms with Crippen LogP contribution in [0, 0.1) is 5.92 Å². The van der Waals surface area contributed by atoms with Crippen LogP contribution in [-0.2, 0) is 6.42 Å². The second-order valence-electron chi connectivity index (χ2n) is 9.11. The predicted octanol–water partition coefficient (Wildman–Crippen LogP) is 4.29. The van der Waals surface area contributed by atoms with Crippen LogP contribution in [0.4, 0.5) is 0 Å². The molecular weight excluding hydrogens is 362 g/mol. The molecule has 1 aromatic rings. The topological polar surface area (TPSA) is 52.9 Å². The molecule has 1 saturated carbocycles. The highest BCUT2D eigenvalue weighted by molar-refractivity contribution is 5.49. The van der Waals surface area contributed by atoms with Crippen LogP contribution in [0.3, 0.4) is 0 Å². The molecule has 29 heavy (non-hydrogen) atoms. The normalized spacial score (nSPS) is 26.7. The van der Waals surface area contributed by atoms with E-state index in [1.54, 1.807) is 0 Å². The van der Waals surface area contributed by atoms with Crippen molar-refractivity contribution < 1.29 is 14.9 Å². The number of benzene rings is 1. The molecule has 1 aliphatic heterocycles. The van der Waals surface area contributed by atoms with Gasteiger partial charge in [-0.3, -0.25) is 0 Å². The van der Waals surface area contributed by atoms with Crippen LogP contribution in [0.5, 0.6) is 5.75 Å². The fourth-order valence-electron chi connectivity index (χ4n) is 4.86. The summed E-state index contributed by atoms with van der Waals surface area (Å²) in [6, 6.07) is 6.49. The Morgan fingerprint density at radius 1 is 1.21 bits per heavy atom. The highest BCUT2D eigenvalue weighted by atomic mass is 16.5. The van der Waals surface area contributed by atoms with E-state index in [-0.39, 0.29) is 17.9 Å². The summed E-state index contributed by atoms with van der Waals surface area (Å²) < 4.78 is 6.36. The van der Waals surface area contributed by atoms with E-state index in [0.717, 1.165) is 50.8 Å². The molecule has 162 valence electrons. The Labute approximate surface area is 176 Å². The minimum absolute atomic E-state index is 0.0195. The third-order valence-corrected chi connectivity index (χ3v) is 6.45. The van der Waals surface area contributed by atoms with E-state index < -0.39 is 12.2 Å². The zero-order chi connectivity index (χ0) is 20.8. The minimum atomic E-state index is -0.419. The van der Waals surface area contributed by atoms with Gasteiger partial charge in [0, 0.05) is 23.8 Å². The van der Waals surface area contributed by atoms with Crippen LogP contribution in [0.15, 0.2) is 30.4 Å². The molecule has 0 amide bonds. The first kappa shape index (κ1) is 22.3. The molecule has 4 heteroatoms. The van der Waals surface area contributed by atoms with Crippen LogP contribution in [0.2, 0.25) is 0 Å². The SMILES string of the molecule is CCCCC[C@H](O)C=C[C@@H]1[C@H]2c3cccc(CCCCN(C)C)c3O[C@H]2C[C@H]1O. The number of ether oxygens (including phenoxy) is 1. The Bertz CT molecular complexity index is 672. The van der Waals surface area contributed by atoms with E-state index in [4.69, 9.17) is 4.74 Å². The lowest BCUT2D eigenvalue weighted by molar-refractivity contribution is 0.135. The molecular formula is C25H39NO3. The van der Waals surface area contributed by atoms with Crippen LogP contribution >= 0.6 is 0 Å². The number of nitrogens with zero attached hydrogens (tertiary/aromatic N) is 1. The molecule has 0 unspecified atom stereocenters. The summed E-state index contributed by atoms with van der Waals surface area (Å²) in [6.07, 6.45) is 11.4. The van der Waals surface area contributed by atoms with Crippen LogP contribution in [0.25, 0.3) is 0 Å². The van der Waals surface area contributed by atoms with Crippen molar-refractivity contribution in [3.63, 3.8) is 0 Å². The lowest BCUT2D eigenvalue weighted by Crippen LogP contribution is -2.17. The number of aliphatic hydroxyl groups is 2. The van der Waals surface area contributed by atoms with Crippen molar-refractivity contribution in [1.29, 1.82) is 0 Å². The summed E-state index contributed by atoms with van der Waals surface area (Å²) in [5.41, 5.74) is 2.54. The first-order chi connectivity index (χ1) is 14.0. The van der Waals surface area contributed by atoms with Crippen molar-refractivity contribution >= 4 is 0 Å². The van der Waals surface area contributed by atoms with Crippen LogP contribution in [0.1, 0.15) is 68.9 Å². The predicted molar refractivity (Wildman–Crippen MR) is 118 cm³/mol. The number of unbranched alkanes of at least 4 members (excludes halogenated alkanes) is 3. The molecule has 5 atom stereocenters. The summed E-state index contributed by atoms with van der Waals surface area (Å²) in [5, 5.41) is 20.9. The average molecular weight is 402 g/mol. The van der Waals surface area contributed by atoms with Crippen molar-refractivity contribution in [2.45, 2.75) is 82.5 Å². The van der Waals surface area contributed by atoms with Crippen molar-refractivity contribution in [2.75, 3.05) is 20.6 Å². The smallest absolute Gasteiger partial charge is 0.126 e. The van der Waals surface area contributed by atoms with Gasteiger partial charge < -0.3 is 19.8 Å². The minimum Gasteiger partial charge on any atom is -0.489 e. The molecule has 0 aromatic heterocycles. The van der Waals surface area contributed by atoms with E-state index in [2.05, 4.69) is 44.1 Å². The second-order valence-corrected chi connectivity index (χ2v) is 9.11. The van der Waals surface area contributed by atoms with Gasteiger partial charge in [0.05, 0.1) is 12.2 Å². The highest BCUT2D eigenvalue weighted by Gasteiger charge is 2.48. The molecule has 2 N–H and O–H groups in total. The zero-order valence-corrected chi connectivity index (χ0v) is 18.4. The Hall–Kier alpha value is -1.36. The standard InChI is InChI=1S/C25H39NO3/c1-4-5-6-12-19(27)14-15-20-22(28)17-23-24(20)21-13-9-11-18(25(21)29-23)10-7-8-16-26(2)3/h9,11,13-15,19-20,22-24,27-28H,4-8,10,12,16-17H2,1-3H3/t19-,20-,22+,23-,24-/m0/s1. The van der Waals surface area contributed by atoms with Gasteiger partial charge in [0.25, 0.3) is 0 Å². The summed E-state index contributed by atoms with van der Waals surface area (Å²) in [7, 11) is 4.23. The van der Waals surface area contributed by atoms with E-state index >= 15 is 0 Å². The van der Waals surface area contributed by atoms with Gasteiger partial charge in [0.2, 0.25) is 0 Å². The number of fused-ring (bicyclic) bond motifs is 3. The quantitative estimate of drug-likeness (QED) is 0.429. The monoisotopic (exact) mass is 401 g/mol. The van der Waals surface area contributed by atoms with E-state index in [1.807, 2.05) is 12.2 Å². The third-order valence-electron chi connectivity index (χ3n) is 6.45. The van der Waals surface area contributed by atoms with Crippen molar-refractivity contribution in [2.24, 2.45) is 5.92 Å². The fourth-order valence-corrected chi connectivity index (χ4v) is 4.86. The van der Waals surface area contributed by atoms with Crippen LogP contribution in [-0.4, -0.2) is 54.1 Å². The molecule has 3 rings (SSSR count). The average Bonchev–Trinajstić information content (AvgIpc) is 3.19. The van der Waals surface area contributed by atoms with Crippen molar-refractivity contribution in [3.05, 3.63) is 41.5 Å². The Balaban J connectivity index is 1.66. The molecule has 0 bridgehead atoms. The summed E-state index contributed by atoms with van der Waals surface area (Å²) >= 11 is 0. The van der Waals surface area contributed by atoms with Gasteiger partial charge in [-0.15, -0.1) is 0 Å². The van der Waals surface area contributed by atoms with Crippen LogP contribution < -0.4 is 4.74 Å². The van der Waals surface area contributed by atoms with Gasteiger partial charge in [0.1, 0.15) is 11.9 Å². The molecule has 1 heterocycles. The largest absolute Gasteiger partial charge is 0.489 e. The zero-order valence-electron chi connectivity index (χ0n) is 18.4. The molecule has 1 aliphatic carbocycles. The molecule has 2 aliphatic rings. The number of para-hydroxylation sites is 1. The summed E-state index contributed by atoms with van der Waals surface area (Å²) in [6.45, 7) is 3.28. The van der Waals surface area contributed by atoms with E-state index in [1.165, 1.54) is 17.5 Å². The second kappa shape index (κ2) is 10.6.